The van der Waals surface area contributed by atoms with Crippen molar-refractivity contribution >= 4 is 18.3 Å². The lowest BCUT2D eigenvalue weighted by atomic mass is 9.76. The first-order valence-corrected chi connectivity index (χ1v) is 14.6. The quantitative estimate of drug-likeness (QED) is 0.137. The Morgan fingerprint density at radius 2 is 1.16 bits per heavy atom. The van der Waals surface area contributed by atoms with Crippen molar-refractivity contribution in [3.63, 3.8) is 0 Å². The van der Waals surface area contributed by atoms with E-state index in [1.165, 1.54) is 22.3 Å². The van der Waals surface area contributed by atoms with Crippen LogP contribution in [0.5, 0.6) is 0 Å². The third kappa shape index (κ3) is 6.69. The molecule has 0 unspecified atom stereocenters. The summed E-state index contributed by atoms with van der Waals surface area (Å²) in [7, 11) is 0. The molecule has 0 saturated carbocycles. The van der Waals surface area contributed by atoms with E-state index in [0.717, 1.165) is 16.7 Å². The molecule has 0 saturated heterocycles. The number of nitrogens with two attached hydrogens (primary N) is 1. The summed E-state index contributed by atoms with van der Waals surface area (Å²) in [4.78, 5) is 34.1. The Balaban J connectivity index is 0.000000198. The maximum atomic E-state index is 11.9. The molecule has 7 heteroatoms. The van der Waals surface area contributed by atoms with Gasteiger partial charge in [0, 0.05) is 5.92 Å². The number of nitrogens with one attached hydrogen (secondary N) is 1. The number of carbonyl (C=O) groups excluding carboxylic acids is 2. The minimum absolute atomic E-state index is 0.0479. The molecule has 7 nitrogen and oxygen atoms in total. The van der Waals surface area contributed by atoms with Crippen LogP contribution in [-0.2, 0) is 24.7 Å². The normalized spacial score (nSPS) is 12.8. The number of primary amides is 1. The van der Waals surface area contributed by atoms with Gasteiger partial charge in [-0.25, -0.2) is 0 Å². The van der Waals surface area contributed by atoms with Gasteiger partial charge < -0.3 is 15.6 Å². The molecule has 6 rings (SSSR count). The van der Waals surface area contributed by atoms with Crippen LogP contribution in [0.3, 0.4) is 0 Å². The van der Waals surface area contributed by atoms with Crippen molar-refractivity contribution in [3.8, 4) is 11.1 Å². The van der Waals surface area contributed by atoms with Gasteiger partial charge in [-0.3, -0.25) is 19.7 Å². The van der Waals surface area contributed by atoms with Crippen molar-refractivity contribution in [3.05, 3.63) is 167 Å². The van der Waals surface area contributed by atoms with Crippen LogP contribution < -0.4 is 11.1 Å². The molecule has 1 amide bonds. The maximum absolute atomic E-state index is 11.9. The number of ether oxygens (including phenoxy) is 1. The largest absolute Gasteiger partial charge is 0.480 e. The number of carboxylic acids is 1. The van der Waals surface area contributed by atoms with E-state index in [-0.39, 0.29) is 18.9 Å². The van der Waals surface area contributed by atoms with Gasteiger partial charge in [-0.05, 0) is 38.9 Å². The Labute approximate surface area is 263 Å². The molecule has 1 atom stereocenters. The number of rotatable bonds is 10. The van der Waals surface area contributed by atoms with E-state index in [9.17, 15) is 19.5 Å². The second-order valence-corrected chi connectivity index (χ2v) is 10.7. The van der Waals surface area contributed by atoms with Crippen LogP contribution in [0, 0.1) is 0 Å². The van der Waals surface area contributed by atoms with Gasteiger partial charge >= 0.3 is 5.97 Å². The molecule has 0 fully saturated rings. The molecule has 0 spiro atoms. The van der Waals surface area contributed by atoms with Crippen LogP contribution in [0.15, 0.2) is 140 Å². The fraction of sp³-hybridized carbons (Fsp3) is 0.132. The van der Waals surface area contributed by atoms with E-state index >= 15 is 0 Å². The number of aliphatic carboxylic acids is 1. The van der Waals surface area contributed by atoms with E-state index in [1.54, 1.807) is 0 Å². The van der Waals surface area contributed by atoms with Crippen molar-refractivity contribution in [2.24, 2.45) is 5.73 Å². The Morgan fingerprint density at radius 1 is 0.756 bits per heavy atom. The Morgan fingerprint density at radius 3 is 1.53 bits per heavy atom. The molecule has 0 heterocycles. The molecule has 0 radical (unpaired) electrons. The predicted octanol–water partition coefficient (Wildman–Crippen LogP) is 5.87. The topological polar surface area (TPSA) is 119 Å². The highest BCUT2D eigenvalue weighted by Crippen LogP contribution is 2.44. The first kappa shape index (κ1) is 29.5. The van der Waals surface area contributed by atoms with E-state index in [0.29, 0.717) is 0 Å². The van der Waals surface area contributed by atoms with Crippen LogP contribution in [0.25, 0.3) is 11.1 Å². The molecule has 226 valence electrons. The van der Waals surface area contributed by atoms with E-state index in [1.807, 2.05) is 115 Å². The van der Waals surface area contributed by atoms with Gasteiger partial charge in [0.15, 0.2) is 1.37 Å². The monoisotopic (exact) mass is 599 g/mol. The Hall–Kier alpha value is -5.53. The first-order chi connectivity index (χ1) is 22.3. The minimum atomic E-state index is -1.15. The second-order valence-electron chi connectivity index (χ2n) is 10.7. The van der Waals surface area contributed by atoms with Crippen molar-refractivity contribution in [1.82, 2.24) is 5.32 Å². The lowest BCUT2D eigenvalue weighted by Crippen LogP contribution is -2.53. The van der Waals surface area contributed by atoms with Crippen LogP contribution in [-0.4, -0.2) is 36.1 Å². The summed E-state index contributed by atoms with van der Waals surface area (Å²) in [5, 5.41) is 13.0. The summed E-state index contributed by atoms with van der Waals surface area (Å²) in [5.41, 5.74) is 11.7. The van der Waals surface area contributed by atoms with E-state index < -0.39 is 29.9 Å². The highest BCUT2D eigenvalue weighted by atomic mass is 16.5. The van der Waals surface area contributed by atoms with Gasteiger partial charge in [-0.1, -0.05) is 140 Å². The van der Waals surface area contributed by atoms with Crippen molar-refractivity contribution < 1.29 is 25.6 Å². The molecule has 0 bridgehead atoms. The molecular formula is C38H34N2O5. The number of carbonyl (C=O) groups is 3. The Bertz CT molecular complexity index is 1660. The number of benzene rings is 5. The van der Waals surface area contributed by atoms with Gasteiger partial charge in [0.2, 0.25) is 5.91 Å². The molecule has 45 heavy (non-hydrogen) atoms. The van der Waals surface area contributed by atoms with Crippen LogP contribution >= 0.6 is 0 Å². The number of fused-ring (bicyclic) bond motifs is 3. The summed E-state index contributed by atoms with van der Waals surface area (Å²) < 4.78 is 11.7. The fourth-order valence-corrected chi connectivity index (χ4v) is 6.03. The van der Waals surface area contributed by atoms with Crippen LogP contribution in [0.1, 0.15) is 41.5 Å². The average Bonchev–Trinajstić information content (AvgIpc) is 3.40. The van der Waals surface area contributed by atoms with E-state index in [2.05, 4.69) is 29.6 Å². The first-order valence-electron chi connectivity index (χ1n) is 15.1. The lowest BCUT2D eigenvalue weighted by molar-refractivity contribution is -0.141. The summed E-state index contributed by atoms with van der Waals surface area (Å²) >= 11 is 0. The maximum Gasteiger partial charge on any atom is 0.321 e. The molecule has 0 aliphatic heterocycles. The number of hydrogen-bond acceptors (Lipinski definition) is 5. The Kier molecular flexibility index (Phi) is 9.38. The number of carboxylic acid groups (broad SMARTS) is 1. The van der Waals surface area contributed by atoms with Gasteiger partial charge in [0.1, 0.15) is 12.6 Å². The number of hydrogen-bond donors (Lipinski definition) is 3. The smallest absolute Gasteiger partial charge is 0.321 e. The summed E-state index contributed by atoms with van der Waals surface area (Å²) in [5.74, 6) is -1.76. The molecule has 5 aromatic rings. The van der Waals surface area contributed by atoms with Gasteiger partial charge in [-0.15, -0.1) is 0 Å². The van der Waals surface area contributed by atoms with Crippen LogP contribution in [0.4, 0.5) is 0 Å². The summed E-state index contributed by atoms with van der Waals surface area (Å²) in [6.45, 7) is 0.232. The molecule has 5 aromatic carbocycles. The standard InChI is InChI=1S/C23H22N2O3.C15H12O2/c24-21(26)16-20(22(27)28)25-23(17-10-4-1-5-11-17,18-12-6-2-7-13-18)19-14-8-3-9-15-19;16-10-17-9-15-13-7-3-1-5-11(13)12-6-2-4-8-14(12)15/h1-15,20,25H,16H2,(H2,24,26)(H,27,28);1-8,10,15H,9H2/t20-;/m0./s1/i;10D. The number of amides is 1. The van der Waals surface area contributed by atoms with Gasteiger partial charge in [0.05, 0.1) is 12.0 Å². The van der Waals surface area contributed by atoms with Crippen molar-refractivity contribution in [2.45, 2.75) is 23.9 Å². The van der Waals surface area contributed by atoms with Gasteiger partial charge in [0.25, 0.3) is 6.45 Å². The molecule has 1 aliphatic rings. The zero-order valence-electron chi connectivity index (χ0n) is 25.5. The fourth-order valence-electron chi connectivity index (χ4n) is 6.03. The minimum Gasteiger partial charge on any atom is -0.480 e. The summed E-state index contributed by atoms with van der Waals surface area (Å²) in [6.07, 6.45) is -1.29. The SMILES string of the molecule is NC(=O)C[C@H](NC(c1ccccc1)(c1ccccc1)c1ccccc1)C(=O)O.[2H]C(=O)OCC1c2ccccc2-c2ccccc21. The van der Waals surface area contributed by atoms with Gasteiger partial charge in [-0.2, -0.15) is 0 Å². The highest BCUT2D eigenvalue weighted by Gasteiger charge is 2.40. The zero-order chi connectivity index (χ0) is 32.5. The predicted molar refractivity (Wildman–Crippen MR) is 173 cm³/mol. The molecule has 0 aromatic heterocycles. The van der Waals surface area contributed by atoms with E-state index in [4.69, 9.17) is 11.8 Å². The third-order valence-corrected chi connectivity index (χ3v) is 7.99. The molecular weight excluding hydrogens is 564 g/mol. The van der Waals surface area contributed by atoms with Crippen LogP contribution in [0.2, 0.25) is 0 Å². The van der Waals surface area contributed by atoms with Crippen molar-refractivity contribution in [1.29, 1.82) is 0 Å². The molecule has 1 aliphatic carbocycles. The van der Waals surface area contributed by atoms with Crippen molar-refractivity contribution in [2.75, 3.05) is 6.61 Å². The summed E-state index contributed by atoms with van der Waals surface area (Å²) in [6, 6.07) is 43.9. The molecule has 4 N–H and O–H groups in total. The highest BCUT2D eigenvalue weighted by molar-refractivity contribution is 5.83. The lowest BCUT2D eigenvalue weighted by Gasteiger charge is -2.39. The zero-order valence-corrected chi connectivity index (χ0v) is 24.5. The average molecular weight is 600 g/mol. The second kappa shape index (κ2) is 14.3. The third-order valence-electron chi connectivity index (χ3n) is 7.99.